The zero-order valence-electron chi connectivity index (χ0n) is 13.5. The van der Waals surface area contributed by atoms with Crippen molar-refractivity contribution in [3.63, 3.8) is 0 Å². The lowest BCUT2D eigenvalue weighted by Crippen LogP contribution is -2.49. The number of hydrogen-bond acceptors (Lipinski definition) is 4. The number of halogens is 1. The molecule has 1 N–H and O–H groups in total. The van der Waals surface area contributed by atoms with Gasteiger partial charge in [0.15, 0.2) is 0 Å². The summed E-state index contributed by atoms with van der Waals surface area (Å²) in [5.74, 6) is 0.754. The monoisotopic (exact) mass is 373 g/mol. The maximum atomic E-state index is 13.2. The third kappa shape index (κ3) is 3.09. The number of nitrogens with zero attached hydrogens (tertiary/aromatic N) is 2. The summed E-state index contributed by atoms with van der Waals surface area (Å²) in [4.78, 5) is 0. The summed E-state index contributed by atoms with van der Waals surface area (Å²) in [5.41, 5.74) is 1.10. The second-order valence-electron chi connectivity index (χ2n) is 6.53. The van der Waals surface area contributed by atoms with E-state index in [-0.39, 0.29) is 18.4 Å². The van der Waals surface area contributed by atoms with E-state index < -0.39 is 10.2 Å². The molecule has 1 aromatic carbocycles. The highest BCUT2D eigenvalue weighted by molar-refractivity contribution is 7.86. The molecule has 0 aromatic heterocycles. The zero-order valence-corrected chi connectivity index (χ0v) is 15.1. The summed E-state index contributed by atoms with van der Waals surface area (Å²) in [5, 5.41) is 3.42. The maximum Gasteiger partial charge on any atom is 0.282 e. The first-order chi connectivity index (χ1) is 11.2. The number of fused-ring (bicyclic) bond motifs is 1. The largest absolute Gasteiger partial charge is 0.379 e. The molecule has 6 nitrogen and oxygen atoms in total. The van der Waals surface area contributed by atoms with Crippen LogP contribution in [0.3, 0.4) is 0 Å². The molecule has 0 amide bonds. The second kappa shape index (κ2) is 7.27. The number of benzene rings is 1. The van der Waals surface area contributed by atoms with Gasteiger partial charge >= 0.3 is 0 Å². The van der Waals surface area contributed by atoms with Crippen LogP contribution in [0.15, 0.2) is 30.3 Å². The fourth-order valence-corrected chi connectivity index (χ4v) is 5.96. The summed E-state index contributed by atoms with van der Waals surface area (Å²) in [6.45, 7) is 4.27. The van der Waals surface area contributed by atoms with E-state index in [2.05, 4.69) is 5.32 Å². The van der Waals surface area contributed by atoms with E-state index in [0.29, 0.717) is 44.7 Å². The molecular formula is C16H24ClN3O3S. The van der Waals surface area contributed by atoms with Gasteiger partial charge in [-0.05, 0) is 23.9 Å². The molecule has 4 rings (SSSR count). The molecule has 0 spiro atoms. The van der Waals surface area contributed by atoms with Crippen LogP contribution in [0.25, 0.3) is 0 Å². The fourth-order valence-electron chi connectivity index (χ4n) is 4.11. The Morgan fingerprint density at radius 2 is 1.79 bits per heavy atom. The van der Waals surface area contributed by atoms with Crippen LogP contribution in [0.4, 0.5) is 0 Å². The topological polar surface area (TPSA) is 61.9 Å². The van der Waals surface area contributed by atoms with E-state index in [4.69, 9.17) is 4.74 Å². The number of hydrogen-bond donors (Lipinski definition) is 1. The van der Waals surface area contributed by atoms with Crippen molar-refractivity contribution in [2.45, 2.75) is 6.04 Å². The lowest BCUT2D eigenvalue weighted by atomic mass is 9.90. The van der Waals surface area contributed by atoms with Crippen LogP contribution in [-0.4, -0.2) is 63.0 Å². The molecular weight excluding hydrogens is 350 g/mol. The summed E-state index contributed by atoms with van der Waals surface area (Å²) < 4.78 is 35.0. The van der Waals surface area contributed by atoms with Crippen molar-refractivity contribution in [2.24, 2.45) is 11.8 Å². The first-order valence-electron chi connectivity index (χ1n) is 8.28. The third-order valence-corrected chi connectivity index (χ3v) is 7.24. The van der Waals surface area contributed by atoms with E-state index in [1.165, 1.54) is 0 Å². The molecule has 3 saturated heterocycles. The Labute approximate surface area is 149 Å². The summed E-state index contributed by atoms with van der Waals surface area (Å²) in [7, 11) is -3.44. The molecule has 3 atom stereocenters. The minimum Gasteiger partial charge on any atom is -0.379 e. The molecule has 1 aromatic rings. The van der Waals surface area contributed by atoms with E-state index in [9.17, 15) is 8.42 Å². The van der Waals surface area contributed by atoms with Gasteiger partial charge in [0.25, 0.3) is 10.2 Å². The van der Waals surface area contributed by atoms with Gasteiger partial charge < -0.3 is 10.1 Å². The number of rotatable bonds is 3. The van der Waals surface area contributed by atoms with Gasteiger partial charge in [0.05, 0.1) is 19.3 Å². The van der Waals surface area contributed by atoms with Crippen molar-refractivity contribution in [3.05, 3.63) is 35.9 Å². The zero-order chi connectivity index (χ0) is 15.9. The Morgan fingerprint density at radius 1 is 1.08 bits per heavy atom. The first kappa shape index (κ1) is 18.1. The smallest absolute Gasteiger partial charge is 0.282 e. The minimum absolute atomic E-state index is 0. The maximum absolute atomic E-state index is 13.2. The van der Waals surface area contributed by atoms with E-state index in [1.807, 2.05) is 30.3 Å². The molecule has 3 aliphatic heterocycles. The Kier molecular flexibility index (Phi) is 5.48. The van der Waals surface area contributed by atoms with Crippen LogP contribution in [-0.2, 0) is 14.9 Å². The van der Waals surface area contributed by atoms with Crippen molar-refractivity contribution in [2.75, 3.05) is 45.9 Å². The van der Waals surface area contributed by atoms with Gasteiger partial charge in [-0.3, -0.25) is 0 Å². The van der Waals surface area contributed by atoms with Crippen LogP contribution in [0.1, 0.15) is 11.6 Å². The average molecular weight is 374 g/mol. The van der Waals surface area contributed by atoms with Crippen LogP contribution >= 0.6 is 12.4 Å². The van der Waals surface area contributed by atoms with Gasteiger partial charge in [0.1, 0.15) is 0 Å². The van der Waals surface area contributed by atoms with Crippen LogP contribution in [0.5, 0.6) is 0 Å². The molecule has 3 heterocycles. The lowest BCUT2D eigenvalue weighted by Gasteiger charge is -2.34. The van der Waals surface area contributed by atoms with Gasteiger partial charge in [0, 0.05) is 26.2 Å². The number of morpholine rings is 1. The molecule has 0 bridgehead atoms. The van der Waals surface area contributed by atoms with Gasteiger partial charge in [0.2, 0.25) is 0 Å². The number of ether oxygens (including phenoxy) is 1. The average Bonchev–Trinajstić information content (AvgIpc) is 3.17. The van der Waals surface area contributed by atoms with Gasteiger partial charge in [-0.1, -0.05) is 30.3 Å². The molecule has 8 heteroatoms. The van der Waals surface area contributed by atoms with Gasteiger partial charge in [-0.15, -0.1) is 12.4 Å². The Bertz CT molecular complexity index is 652. The molecule has 0 saturated carbocycles. The van der Waals surface area contributed by atoms with Gasteiger partial charge in [-0.25, -0.2) is 0 Å². The van der Waals surface area contributed by atoms with Crippen molar-refractivity contribution < 1.29 is 13.2 Å². The molecule has 0 unspecified atom stereocenters. The molecule has 3 aliphatic rings. The predicted octanol–water partition coefficient (Wildman–Crippen LogP) is 0.878. The van der Waals surface area contributed by atoms with Crippen molar-refractivity contribution in [1.29, 1.82) is 0 Å². The van der Waals surface area contributed by atoms with Crippen molar-refractivity contribution in [3.8, 4) is 0 Å². The summed E-state index contributed by atoms with van der Waals surface area (Å²) >= 11 is 0. The van der Waals surface area contributed by atoms with E-state index in [0.717, 1.165) is 18.7 Å². The second-order valence-corrected chi connectivity index (χ2v) is 8.41. The highest BCUT2D eigenvalue weighted by atomic mass is 35.5. The molecule has 0 aliphatic carbocycles. The SMILES string of the molecule is Cl.O=S(=O)(N1CCOCC1)N1C[C@@H]2CNC[C@@H]2[C@H]1c1ccccc1. The quantitative estimate of drug-likeness (QED) is 0.854. The van der Waals surface area contributed by atoms with Crippen LogP contribution < -0.4 is 5.32 Å². The first-order valence-corrected chi connectivity index (χ1v) is 9.68. The Hall–Kier alpha value is -0.700. The Morgan fingerprint density at radius 3 is 2.50 bits per heavy atom. The molecule has 3 fully saturated rings. The lowest BCUT2D eigenvalue weighted by molar-refractivity contribution is 0.0696. The standard InChI is InChI=1S/C16H23N3O3S.ClH/c20-23(21,18-6-8-22-9-7-18)19-12-14-10-17-11-15(14)16(19)13-4-2-1-3-5-13;/h1-5,14-17H,6-12H2;1H/t14-,15-,16+;/m0./s1. The molecule has 134 valence electrons. The van der Waals surface area contributed by atoms with Crippen molar-refractivity contribution >= 4 is 22.6 Å². The third-order valence-electron chi connectivity index (χ3n) is 5.26. The predicted molar refractivity (Wildman–Crippen MR) is 94.3 cm³/mol. The molecule has 24 heavy (non-hydrogen) atoms. The fraction of sp³-hybridized carbons (Fsp3) is 0.625. The summed E-state index contributed by atoms with van der Waals surface area (Å²) in [6.07, 6.45) is 0. The van der Waals surface area contributed by atoms with Gasteiger partial charge in [-0.2, -0.15) is 17.0 Å². The van der Waals surface area contributed by atoms with E-state index in [1.54, 1.807) is 8.61 Å². The van der Waals surface area contributed by atoms with Crippen molar-refractivity contribution in [1.82, 2.24) is 13.9 Å². The molecule has 0 radical (unpaired) electrons. The summed E-state index contributed by atoms with van der Waals surface area (Å²) in [6, 6.07) is 9.99. The highest BCUT2D eigenvalue weighted by Crippen LogP contribution is 2.44. The minimum atomic E-state index is -3.44. The Balaban J connectivity index is 0.00000169. The number of nitrogens with one attached hydrogen (secondary N) is 1. The van der Waals surface area contributed by atoms with E-state index >= 15 is 0 Å². The van der Waals surface area contributed by atoms with Crippen LogP contribution in [0.2, 0.25) is 0 Å². The highest BCUT2D eigenvalue weighted by Gasteiger charge is 2.50. The van der Waals surface area contributed by atoms with Crippen LogP contribution in [0, 0.1) is 11.8 Å². The normalized spacial score (nSPS) is 31.6.